The molecule has 0 aliphatic carbocycles. The summed E-state index contributed by atoms with van der Waals surface area (Å²) in [6.45, 7) is 3.80. The van der Waals surface area contributed by atoms with E-state index in [-0.39, 0.29) is 11.9 Å². The third kappa shape index (κ3) is 4.40. The third-order valence-corrected chi connectivity index (χ3v) is 5.98. The van der Waals surface area contributed by atoms with Gasteiger partial charge >= 0.3 is 0 Å². The molecule has 0 bridgehead atoms. The summed E-state index contributed by atoms with van der Waals surface area (Å²) in [7, 11) is 0. The van der Waals surface area contributed by atoms with E-state index in [1.807, 2.05) is 49.6 Å². The number of amides is 1. The molecule has 138 valence electrons. The second-order valence-electron chi connectivity index (χ2n) is 6.77. The molecule has 1 saturated heterocycles. The summed E-state index contributed by atoms with van der Waals surface area (Å²) < 4.78 is 0. The average Bonchev–Trinajstić information content (AvgIpc) is 2.68. The lowest BCUT2D eigenvalue weighted by atomic mass is 9.89. The number of rotatable bonds is 5. The van der Waals surface area contributed by atoms with Gasteiger partial charge in [0.1, 0.15) is 5.75 Å². The van der Waals surface area contributed by atoms with Crippen LogP contribution in [-0.2, 0) is 4.79 Å². The lowest BCUT2D eigenvalue weighted by Gasteiger charge is -2.35. The molecule has 26 heavy (non-hydrogen) atoms. The number of phenolic OH excluding ortho intramolecular Hbond substituents is 1. The van der Waals surface area contributed by atoms with Gasteiger partial charge in [0.05, 0.1) is 11.7 Å². The summed E-state index contributed by atoms with van der Waals surface area (Å²) in [5, 5.41) is 12.5. The number of benzene rings is 2. The van der Waals surface area contributed by atoms with Gasteiger partial charge in [0, 0.05) is 4.90 Å². The topological polar surface area (TPSA) is 52.6 Å². The zero-order valence-corrected chi connectivity index (χ0v) is 16.1. The molecule has 1 heterocycles. The van der Waals surface area contributed by atoms with Crippen molar-refractivity contribution in [3.8, 4) is 5.75 Å². The molecule has 1 aliphatic heterocycles. The summed E-state index contributed by atoms with van der Waals surface area (Å²) in [4.78, 5) is 16.0. The molecule has 2 N–H and O–H groups in total. The third-order valence-electron chi connectivity index (χ3n) is 5.19. The first kappa shape index (κ1) is 18.8. The van der Waals surface area contributed by atoms with Crippen molar-refractivity contribution in [3.63, 3.8) is 0 Å². The zero-order chi connectivity index (χ0) is 18.5. The molecule has 1 atom stereocenters. The number of anilines is 1. The SMILES string of the molecule is CSc1ccccc1NC(=O)[C@H](C)N1CCC(c2ccc(O)cc2)CC1. The van der Waals surface area contributed by atoms with Gasteiger partial charge in [-0.3, -0.25) is 9.69 Å². The number of piperidine rings is 1. The molecule has 2 aromatic rings. The van der Waals surface area contributed by atoms with Gasteiger partial charge < -0.3 is 10.4 Å². The first-order valence-corrected chi connectivity index (χ1v) is 10.3. The number of para-hydroxylation sites is 1. The number of hydrogen-bond donors (Lipinski definition) is 2. The highest BCUT2D eigenvalue weighted by Crippen LogP contribution is 2.30. The Morgan fingerprint density at radius 2 is 1.81 bits per heavy atom. The normalized spacial score (nSPS) is 17.0. The van der Waals surface area contributed by atoms with Crippen LogP contribution in [0.25, 0.3) is 0 Å². The van der Waals surface area contributed by atoms with Crippen molar-refractivity contribution >= 4 is 23.4 Å². The van der Waals surface area contributed by atoms with Crippen LogP contribution in [0.5, 0.6) is 5.75 Å². The fourth-order valence-electron chi connectivity index (χ4n) is 3.52. The summed E-state index contributed by atoms with van der Waals surface area (Å²) >= 11 is 1.64. The highest BCUT2D eigenvalue weighted by molar-refractivity contribution is 7.98. The van der Waals surface area contributed by atoms with Crippen molar-refractivity contribution in [2.75, 3.05) is 24.7 Å². The number of likely N-dealkylation sites (tertiary alicyclic amines) is 1. The van der Waals surface area contributed by atoms with Crippen LogP contribution in [0.1, 0.15) is 31.2 Å². The molecule has 1 fully saturated rings. The highest BCUT2D eigenvalue weighted by Gasteiger charge is 2.27. The molecule has 0 aromatic heterocycles. The van der Waals surface area contributed by atoms with Crippen LogP contribution in [0, 0.1) is 0 Å². The second kappa shape index (κ2) is 8.60. The number of carbonyl (C=O) groups is 1. The largest absolute Gasteiger partial charge is 0.508 e. The molecule has 0 saturated carbocycles. The Kier molecular flexibility index (Phi) is 6.22. The number of nitrogens with one attached hydrogen (secondary N) is 1. The van der Waals surface area contributed by atoms with E-state index in [1.165, 1.54) is 5.56 Å². The molecule has 0 spiro atoms. The minimum absolute atomic E-state index is 0.0505. The molecule has 1 amide bonds. The molecular weight excluding hydrogens is 344 g/mol. The van der Waals surface area contributed by atoms with Crippen LogP contribution in [0.2, 0.25) is 0 Å². The van der Waals surface area contributed by atoms with Gasteiger partial charge in [0.25, 0.3) is 0 Å². The monoisotopic (exact) mass is 370 g/mol. The Hall–Kier alpha value is -1.98. The number of nitrogens with zero attached hydrogens (tertiary/aromatic N) is 1. The van der Waals surface area contributed by atoms with Crippen LogP contribution in [0.15, 0.2) is 53.4 Å². The summed E-state index contributed by atoms with van der Waals surface area (Å²) in [6, 6.07) is 15.3. The number of aromatic hydroxyl groups is 1. The maximum atomic E-state index is 12.7. The Balaban J connectivity index is 1.56. The summed E-state index contributed by atoms with van der Waals surface area (Å²) in [5.74, 6) is 0.857. The van der Waals surface area contributed by atoms with Gasteiger partial charge in [-0.1, -0.05) is 24.3 Å². The lowest BCUT2D eigenvalue weighted by Crippen LogP contribution is -2.45. The van der Waals surface area contributed by atoms with Gasteiger partial charge in [0.2, 0.25) is 5.91 Å². The first-order valence-electron chi connectivity index (χ1n) is 9.05. The molecule has 5 heteroatoms. The number of hydrogen-bond acceptors (Lipinski definition) is 4. The highest BCUT2D eigenvalue weighted by atomic mass is 32.2. The quantitative estimate of drug-likeness (QED) is 0.770. The van der Waals surface area contributed by atoms with Crippen molar-refractivity contribution in [3.05, 3.63) is 54.1 Å². The van der Waals surface area contributed by atoms with E-state index in [4.69, 9.17) is 0 Å². The van der Waals surface area contributed by atoms with Crippen LogP contribution in [0.3, 0.4) is 0 Å². The predicted molar refractivity (Wildman–Crippen MR) is 108 cm³/mol. The van der Waals surface area contributed by atoms with Gasteiger partial charge in [-0.2, -0.15) is 0 Å². The minimum atomic E-state index is -0.148. The second-order valence-corrected chi connectivity index (χ2v) is 7.62. The molecule has 2 aromatic carbocycles. The summed E-state index contributed by atoms with van der Waals surface area (Å²) in [5.41, 5.74) is 2.16. The average molecular weight is 371 g/mol. The fraction of sp³-hybridized carbons (Fsp3) is 0.381. The summed E-state index contributed by atoms with van der Waals surface area (Å²) in [6.07, 6.45) is 4.08. The Morgan fingerprint density at radius 3 is 2.46 bits per heavy atom. The van der Waals surface area contributed by atoms with Gasteiger partial charge in [-0.25, -0.2) is 0 Å². The molecule has 0 radical (unpaired) electrons. The molecule has 3 rings (SSSR count). The van der Waals surface area contributed by atoms with E-state index >= 15 is 0 Å². The molecular formula is C21H26N2O2S. The molecule has 4 nitrogen and oxygen atoms in total. The standard InChI is InChI=1S/C21H26N2O2S/c1-15(21(25)22-19-5-3-4-6-20(19)26-2)23-13-11-17(12-14-23)16-7-9-18(24)10-8-16/h3-10,15,17,24H,11-14H2,1-2H3,(H,22,25)/t15-/m0/s1. The van der Waals surface area contributed by atoms with E-state index in [2.05, 4.69) is 10.2 Å². The van der Waals surface area contributed by atoms with E-state index in [9.17, 15) is 9.90 Å². The van der Waals surface area contributed by atoms with E-state index < -0.39 is 0 Å². The van der Waals surface area contributed by atoms with Crippen molar-refractivity contribution in [2.45, 2.75) is 36.6 Å². The number of thioether (sulfide) groups is 1. The Labute approximate surface area is 159 Å². The van der Waals surface area contributed by atoms with Crippen LogP contribution >= 0.6 is 11.8 Å². The maximum absolute atomic E-state index is 12.7. The predicted octanol–water partition coefficient (Wildman–Crippen LogP) is 4.32. The van der Waals surface area contributed by atoms with Crippen LogP contribution in [0.4, 0.5) is 5.69 Å². The number of carbonyl (C=O) groups excluding carboxylic acids is 1. The van der Waals surface area contributed by atoms with Gasteiger partial charge in [-0.05, 0) is 74.9 Å². The maximum Gasteiger partial charge on any atom is 0.241 e. The van der Waals surface area contributed by atoms with E-state index in [0.29, 0.717) is 11.7 Å². The Bertz CT molecular complexity index is 740. The van der Waals surface area contributed by atoms with Crippen molar-refractivity contribution in [1.29, 1.82) is 0 Å². The smallest absolute Gasteiger partial charge is 0.241 e. The fourth-order valence-corrected chi connectivity index (χ4v) is 4.07. The zero-order valence-electron chi connectivity index (χ0n) is 15.3. The molecule has 0 unspecified atom stereocenters. The first-order chi connectivity index (χ1) is 12.6. The number of phenols is 1. The van der Waals surface area contributed by atoms with E-state index in [1.54, 1.807) is 23.9 Å². The van der Waals surface area contributed by atoms with Crippen LogP contribution in [-0.4, -0.2) is 41.3 Å². The lowest BCUT2D eigenvalue weighted by molar-refractivity contribution is -0.121. The minimum Gasteiger partial charge on any atom is -0.508 e. The van der Waals surface area contributed by atoms with Crippen molar-refractivity contribution in [1.82, 2.24) is 4.90 Å². The Morgan fingerprint density at radius 1 is 1.15 bits per heavy atom. The van der Waals surface area contributed by atoms with Crippen molar-refractivity contribution < 1.29 is 9.90 Å². The molecule has 1 aliphatic rings. The van der Waals surface area contributed by atoms with E-state index in [0.717, 1.165) is 36.5 Å². The van der Waals surface area contributed by atoms with Crippen LogP contribution < -0.4 is 5.32 Å². The van der Waals surface area contributed by atoms with Gasteiger partial charge in [0.15, 0.2) is 0 Å². The van der Waals surface area contributed by atoms with Gasteiger partial charge in [-0.15, -0.1) is 11.8 Å². The van der Waals surface area contributed by atoms with Crippen molar-refractivity contribution in [2.24, 2.45) is 0 Å².